The first kappa shape index (κ1) is 13.6. The fourth-order valence-corrected chi connectivity index (χ4v) is 3.66. The van der Waals surface area contributed by atoms with Crippen LogP contribution in [0.25, 0.3) is 11.0 Å². The Morgan fingerprint density at radius 2 is 2.30 bits per heavy atom. The van der Waals surface area contributed by atoms with E-state index in [0.717, 1.165) is 24.9 Å². The molecule has 2 atom stereocenters. The largest absolute Gasteiger partial charge is 0.394 e. The molecule has 20 heavy (non-hydrogen) atoms. The van der Waals surface area contributed by atoms with Gasteiger partial charge in [0.25, 0.3) is 0 Å². The summed E-state index contributed by atoms with van der Waals surface area (Å²) in [6.07, 6.45) is 6.50. The van der Waals surface area contributed by atoms with Crippen LogP contribution in [0.4, 0.5) is 0 Å². The summed E-state index contributed by atoms with van der Waals surface area (Å²) < 4.78 is 2.23. The fraction of sp³-hybridized carbons (Fsp3) is 0.562. The molecule has 1 saturated carbocycles. The molecule has 0 saturated heterocycles. The van der Waals surface area contributed by atoms with Crippen LogP contribution in [0.3, 0.4) is 0 Å². The molecule has 3 rings (SSSR count). The summed E-state index contributed by atoms with van der Waals surface area (Å²) in [6, 6.07) is 8.25. The Labute approximate surface area is 119 Å². The van der Waals surface area contributed by atoms with Crippen molar-refractivity contribution in [2.24, 2.45) is 5.92 Å². The van der Waals surface area contributed by atoms with Gasteiger partial charge < -0.3 is 15.0 Å². The van der Waals surface area contributed by atoms with E-state index in [9.17, 15) is 5.11 Å². The zero-order chi connectivity index (χ0) is 14.0. The van der Waals surface area contributed by atoms with Gasteiger partial charge in [0.05, 0.1) is 24.0 Å². The van der Waals surface area contributed by atoms with Gasteiger partial charge in [0.1, 0.15) is 0 Å². The van der Waals surface area contributed by atoms with Crippen molar-refractivity contribution in [1.82, 2.24) is 14.9 Å². The van der Waals surface area contributed by atoms with E-state index >= 15 is 0 Å². The molecular formula is C16H23N3O. The molecule has 1 aromatic carbocycles. The number of imidazole rings is 1. The van der Waals surface area contributed by atoms with Gasteiger partial charge in [-0.05, 0) is 44.4 Å². The maximum atomic E-state index is 9.73. The standard InChI is InChI=1S/C16H23N3O/c1-17-16(11-20)9-4-5-13(16)8-10-19-12-18-14-6-2-3-7-15(14)19/h2-3,6-7,12-13,17,20H,4-5,8-11H2,1H3. The van der Waals surface area contributed by atoms with Crippen molar-refractivity contribution in [3.05, 3.63) is 30.6 Å². The van der Waals surface area contributed by atoms with Crippen molar-refractivity contribution in [3.63, 3.8) is 0 Å². The first-order chi connectivity index (χ1) is 9.79. The first-order valence-electron chi connectivity index (χ1n) is 7.49. The molecular weight excluding hydrogens is 250 g/mol. The van der Waals surface area contributed by atoms with Crippen LogP contribution in [0.5, 0.6) is 0 Å². The van der Waals surface area contributed by atoms with E-state index < -0.39 is 0 Å². The number of fused-ring (bicyclic) bond motifs is 1. The highest BCUT2D eigenvalue weighted by molar-refractivity contribution is 5.74. The molecule has 1 aromatic heterocycles. The first-order valence-corrected chi connectivity index (χ1v) is 7.49. The third-order valence-electron chi connectivity index (χ3n) is 4.98. The van der Waals surface area contributed by atoms with E-state index in [1.54, 1.807) is 0 Å². The molecule has 1 fully saturated rings. The fourth-order valence-electron chi connectivity index (χ4n) is 3.66. The zero-order valence-electron chi connectivity index (χ0n) is 12.0. The second kappa shape index (κ2) is 5.54. The average Bonchev–Trinajstić information content (AvgIpc) is 3.09. The van der Waals surface area contributed by atoms with Crippen LogP contribution in [-0.4, -0.2) is 33.9 Å². The Balaban J connectivity index is 1.73. The van der Waals surface area contributed by atoms with Gasteiger partial charge in [0.15, 0.2) is 0 Å². The third kappa shape index (κ3) is 2.23. The molecule has 1 heterocycles. The number of para-hydroxylation sites is 2. The van der Waals surface area contributed by atoms with Crippen molar-refractivity contribution in [1.29, 1.82) is 0 Å². The molecule has 2 unspecified atom stereocenters. The highest BCUT2D eigenvalue weighted by Crippen LogP contribution is 2.37. The maximum Gasteiger partial charge on any atom is 0.0958 e. The quantitative estimate of drug-likeness (QED) is 0.878. The van der Waals surface area contributed by atoms with E-state index in [0.29, 0.717) is 5.92 Å². The lowest BCUT2D eigenvalue weighted by Gasteiger charge is -2.33. The highest BCUT2D eigenvalue weighted by Gasteiger charge is 2.40. The van der Waals surface area contributed by atoms with E-state index in [2.05, 4.69) is 27.0 Å². The van der Waals surface area contributed by atoms with Crippen LogP contribution >= 0.6 is 0 Å². The van der Waals surface area contributed by atoms with Crippen LogP contribution in [0.2, 0.25) is 0 Å². The van der Waals surface area contributed by atoms with E-state index in [-0.39, 0.29) is 12.1 Å². The van der Waals surface area contributed by atoms with Gasteiger partial charge >= 0.3 is 0 Å². The lowest BCUT2D eigenvalue weighted by Crippen LogP contribution is -2.49. The number of hydrogen-bond acceptors (Lipinski definition) is 3. The van der Waals surface area contributed by atoms with Gasteiger partial charge in [-0.1, -0.05) is 18.6 Å². The minimum Gasteiger partial charge on any atom is -0.394 e. The molecule has 0 bridgehead atoms. The molecule has 0 amide bonds. The number of likely N-dealkylation sites (N-methyl/N-ethyl adjacent to an activating group) is 1. The van der Waals surface area contributed by atoms with Crippen LogP contribution < -0.4 is 5.32 Å². The predicted octanol–water partition coefficient (Wildman–Crippen LogP) is 2.18. The summed E-state index contributed by atoms with van der Waals surface area (Å²) in [5.74, 6) is 0.540. The molecule has 4 nitrogen and oxygen atoms in total. The number of rotatable bonds is 5. The van der Waals surface area contributed by atoms with Gasteiger partial charge in [-0.15, -0.1) is 0 Å². The SMILES string of the molecule is CNC1(CO)CCCC1CCn1cnc2ccccc21. The summed E-state index contributed by atoms with van der Waals surface area (Å²) in [6.45, 7) is 1.20. The van der Waals surface area contributed by atoms with Crippen LogP contribution in [0.1, 0.15) is 25.7 Å². The second-order valence-electron chi connectivity index (χ2n) is 5.87. The van der Waals surface area contributed by atoms with Crippen molar-refractivity contribution >= 4 is 11.0 Å². The molecule has 1 aliphatic rings. The number of hydrogen-bond donors (Lipinski definition) is 2. The van der Waals surface area contributed by atoms with Gasteiger partial charge in [0, 0.05) is 12.1 Å². The number of aliphatic hydroxyl groups excluding tert-OH is 1. The Bertz CT molecular complexity index is 574. The smallest absolute Gasteiger partial charge is 0.0958 e. The number of aliphatic hydroxyl groups is 1. The zero-order valence-corrected chi connectivity index (χ0v) is 12.0. The predicted molar refractivity (Wildman–Crippen MR) is 80.6 cm³/mol. The maximum absolute atomic E-state index is 9.73. The number of nitrogens with zero attached hydrogens (tertiary/aromatic N) is 2. The third-order valence-corrected chi connectivity index (χ3v) is 4.98. The van der Waals surface area contributed by atoms with Gasteiger partial charge in [0.2, 0.25) is 0 Å². The van der Waals surface area contributed by atoms with Crippen LogP contribution in [0.15, 0.2) is 30.6 Å². The topological polar surface area (TPSA) is 50.1 Å². The number of aryl methyl sites for hydroxylation is 1. The molecule has 0 spiro atoms. The van der Waals surface area contributed by atoms with Gasteiger partial charge in [-0.3, -0.25) is 0 Å². The Hall–Kier alpha value is -1.39. The molecule has 2 N–H and O–H groups in total. The molecule has 108 valence electrons. The molecule has 0 aliphatic heterocycles. The lowest BCUT2D eigenvalue weighted by molar-refractivity contribution is 0.125. The second-order valence-corrected chi connectivity index (χ2v) is 5.87. The number of benzene rings is 1. The number of aromatic nitrogens is 2. The molecule has 4 heteroatoms. The van der Waals surface area contributed by atoms with Crippen LogP contribution in [-0.2, 0) is 6.54 Å². The monoisotopic (exact) mass is 273 g/mol. The molecule has 2 aromatic rings. The minimum absolute atomic E-state index is 0.0730. The Kier molecular flexibility index (Phi) is 3.76. The average molecular weight is 273 g/mol. The lowest BCUT2D eigenvalue weighted by atomic mass is 9.85. The molecule has 1 aliphatic carbocycles. The van der Waals surface area contributed by atoms with Crippen molar-refractivity contribution in [2.75, 3.05) is 13.7 Å². The van der Waals surface area contributed by atoms with Crippen molar-refractivity contribution in [2.45, 2.75) is 37.8 Å². The minimum atomic E-state index is -0.0730. The summed E-state index contributed by atoms with van der Waals surface area (Å²) in [7, 11) is 1.97. The molecule has 0 radical (unpaired) electrons. The number of nitrogens with one attached hydrogen (secondary N) is 1. The summed E-state index contributed by atoms with van der Waals surface area (Å²) in [5, 5.41) is 13.1. The van der Waals surface area contributed by atoms with E-state index in [4.69, 9.17) is 0 Å². The van der Waals surface area contributed by atoms with E-state index in [1.165, 1.54) is 18.4 Å². The highest BCUT2D eigenvalue weighted by atomic mass is 16.3. The van der Waals surface area contributed by atoms with Gasteiger partial charge in [-0.25, -0.2) is 4.98 Å². The van der Waals surface area contributed by atoms with Crippen LogP contribution in [0, 0.1) is 5.92 Å². The Morgan fingerprint density at radius 3 is 3.10 bits per heavy atom. The van der Waals surface area contributed by atoms with Crippen molar-refractivity contribution < 1.29 is 5.11 Å². The Morgan fingerprint density at radius 1 is 1.45 bits per heavy atom. The summed E-state index contributed by atoms with van der Waals surface area (Å²) in [5.41, 5.74) is 2.18. The normalized spacial score (nSPS) is 26.4. The summed E-state index contributed by atoms with van der Waals surface area (Å²) >= 11 is 0. The van der Waals surface area contributed by atoms with Crippen molar-refractivity contribution in [3.8, 4) is 0 Å². The van der Waals surface area contributed by atoms with Gasteiger partial charge in [-0.2, -0.15) is 0 Å². The van der Waals surface area contributed by atoms with E-state index in [1.807, 2.05) is 25.5 Å². The summed E-state index contributed by atoms with van der Waals surface area (Å²) in [4.78, 5) is 4.44.